The van der Waals surface area contributed by atoms with Crippen LogP contribution < -0.4 is 10.2 Å². The van der Waals surface area contributed by atoms with Crippen LogP contribution in [0.25, 0.3) is 6.08 Å². The minimum Gasteiger partial charge on any atom is -0.338 e. The summed E-state index contributed by atoms with van der Waals surface area (Å²) in [6.07, 6.45) is 3.29. The molecule has 0 aliphatic carbocycles. The van der Waals surface area contributed by atoms with Gasteiger partial charge in [-0.15, -0.1) is 0 Å². The molecule has 0 unspecified atom stereocenters. The van der Waals surface area contributed by atoms with Gasteiger partial charge in [-0.3, -0.25) is 19.9 Å². The van der Waals surface area contributed by atoms with Gasteiger partial charge in [0.2, 0.25) is 5.95 Å². The number of urea groups is 1. The Morgan fingerprint density at radius 1 is 1.16 bits per heavy atom. The summed E-state index contributed by atoms with van der Waals surface area (Å²) in [6, 6.07) is 1.30. The third kappa shape index (κ3) is 3.63. The molecule has 2 fully saturated rings. The van der Waals surface area contributed by atoms with Crippen LogP contribution in [0.5, 0.6) is 0 Å². The molecule has 3 rings (SSSR count). The van der Waals surface area contributed by atoms with Crippen molar-refractivity contribution in [2.75, 3.05) is 38.1 Å². The van der Waals surface area contributed by atoms with E-state index in [1.807, 2.05) is 0 Å². The Morgan fingerprint density at radius 3 is 2.40 bits per heavy atom. The smallest absolute Gasteiger partial charge is 0.328 e. The lowest BCUT2D eigenvalue weighted by Gasteiger charge is -2.42. The molecular formula is C17H24N6O2. The molecule has 134 valence electrons. The summed E-state index contributed by atoms with van der Waals surface area (Å²) in [4.78, 5) is 38.1. The molecular weight excluding hydrogens is 320 g/mol. The number of aromatic nitrogens is 2. The summed E-state index contributed by atoms with van der Waals surface area (Å²) < 4.78 is 0. The first-order valence-corrected chi connectivity index (χ1v) is 8.39. The number of carbonyl (C=O) groups is 2. The first-order valence-electron chi connectivity index (χ1n) is 8.39. The molecule has 2 aliphatic rings. The van der Waals surface area contributed by atoms with Gasteiger partial charge in [-0.1, -0.05) is 0 Å². The van der Waals surface area contributed by atoms with Crippen LogP contribution in [0, 0.1) is 0 Å². The number of rotatable bonds is 2. The van der Waals surface area contributed by atoms with Crippen molar-refractivity contribution < 1.29 is 9.59 Å². The zero-order valence-corrected chi connectivity index (χ0v) is 15.1. The molecule has 1 aromatic heterocycles. The van der Waals surface area contributed by atoms with E-state index in [0.29, 0.717) is 11.6 Å². The number of piperazine rings is 1. The maximum Gasteiger partial charge on any atom is 0.328 e. The number of hydrogen-bond acceptors (Lipinski definition) is 6. The molecule has 2 aliphatic heterocycles. The predicted molar refractivity (Wildman–Crippen MR) is 94.8 cm³/mol. The maximum atomic E-state index is 11.8. The lowest BCUT2D eigenvalue weighted by molar-refractivity contribution is -0.115. The van der Waals surface area contributed by atoms with Gasteiger partial charge in [-0.25, -0.2) is 14.8 Å². The van der Waals surface area contributed by atoms with Gasteiger partial charge < -0.3 is 4.90 Å². The van der Waals surface area contributed by atoms with E-state index in [4.69, 9.17) is 0 Å². The lowest BCUT2D eigenvalue weighted by Crippen LogP contribution is -2.53. The normalized spacial score (nSPS) is 21.2. The van der Waals surface area contributed by atoms with Crippen molar-refractivity contribution in [3.8, 4) is 0 Å². The molecule has 25 heavy (non-hydrogen) atoms. The standard InChI is InChI=1S/C17H24N6O2/c1-17(2,3)23-9-7-22(8-10-23)15-18-6-5-12(19-15)11-13-14(24)20-16(25)21(13)4/h5-6,11H,7-10H2,1-4H3,(H,20,24,25)/b13-11-. The van der Waals surface area contributed by atoms with E-state index in [9.17, 15) is 9.59 Å². The first-order chi connectivity index (χ1) is 11.8. The summed E-state index contributed by atoms with van der Waals surface area (Å²) in [5.41, 5.74) is 1.05. The molecule has 0 radical (unpaired) electrons. The van der Waals surface area contributed by atoms with E-state index in [2.05, 4.69) is 45.9 Å². The Kier molecular flexibility index (Phi) is 4.47. The first kappa shape index (κ1) is 17.3. The number of nitrogens with one attached hydrogen (secondary N) is 1. The van der Waals surface area contributed by atoms with E-state index >= 15 is 0 Å². The molecule has 0 spiro atoms. The number of anilines is 1. The van der Waals surface area contributed by atoms with Crippen LogP contribution in [0.4, 0.5) is 10.7 Å². The second kappa shape index (κ2) is 6.44. The van der Waals surface area contributed by atoms with Gasteiger partial charge in [0.1, 0.15) is 5.70 Å². The van der Waals surface area contributed by atoms with Gasteiger partial charge in [0.05, 0.1) is 5.69 Å². The summed E-state index contributed by atoms with van der Waals surface area (Å²) >= 11 is 0. The largest absolute Gasteiger partial charge is 0.338 e. The van der Waals surface area contributed by atoms with Crippen molar-refractivity contribution >= 4 is 24.0 Å². The van der Waals surface area contributed by atoms with Crippen LogP contribution in [0.3, 0.4) is 0 Å². The average molecular weight is 344 g/mol. The fourth-order valence-electron chi connectivity index (χ4n) is 2.98. The second-order valence-electron chi connectivity index (χ2n) is 7.27. The van der Waals surface area contributed by atoms with Gasteiger partial charge in [-0.05, 0) is 32.9 Å². The van der Waals surface area contributed by atoms with E-state index in [0.717, 1.165) is 26.2 Å². The summed E-state index contributed by atoms with van der Waals surface area (Å²) in [7, 11) is 1.56. The van der Waals surface area contributed by atoms with Crippen molar-refractivity contribution in [3.05, 3.63) is 23.7 Å². The Labute approximate surface area is 147 Å². The van der Waals surface area contributed by atoms with Crippen LogP contribution in [-0.4, -0.2) is 70.5 Å². The maximum absolute atomic E-state index is 11.8. The van der Waals surface area contributed by atoms with Crippen molar-refractivity contribution in [2.24, 2.45) is 0 Å². The fraction of sp³-hybridized carbons (Fsp3) is 0.529. The van der Waals surface area contributed by atoms with Crippen molar-refractivity contribution in [1.29, 1.82) is 0 Å². The van der Waals surface area contributed by atoms with Crippen molar-refractivity contribution in [1.82, 2.24) is 25.1 Å². The Balaban J connectivity index is 1.75. The van der Waals surface area contributed by atoms with E-state index < -0.39 is 11.9 Å². The number of carbonyl (C=O) groups excluding carboxylic acids is 2. The van der Waals surface area contributed by atoms with E-state index in [-0.39, 0.29) is 11.2 Å². The van der Waals surface area contributed by atoms with Gasteiger partial charge in [-0.2, -0.15) is 0 Å². The zero-order chi connectivity index (χ0) is 18.2. The van der Waals surface area contributed by atoms with E-state index in [1.54, 1.807) is 25.4 Å². The fourth-order valence-corrected chi connectivity index (χ4v) is 2.98. The van der Waals surface area contributed by atoms with Crippen LogP contribution >= 0.6 is 0 Å². The average Bonchev–Trinajstić information content (AvgIpc) is 2.81. The number of amides is 3. The van der Waals surface area contributed by atoms with Gasteiger partial charge in [0.25, 0.3) is 5.91 Å². The van der Waals surface area contributed by atoms with Crippen LogP contribution in [0.2, 0.25) is 0 Å². The molecule has 0 atom stereocenters. The van der Waals surface area contributed by atoms with Crippen molar-refractivity contribution in [2.45, 2.75) is 26.3 Å². The minimum absolute atomic E-state index is 0.159. The molecule has 1 N–H and O–H groups in total. The van der Waals surface area contributed by atoms with Crippen LogP contribution in [0.15, 0.2) is 18.0 Å². The molecule has 3 heterocycles. The predicted octanol–water partition coefficient (Wildman–Crippen LogP) is 0.920. The van der Waals surface area contributed by atoms with E-state index in [1.165, 1.54) is 4.90 Å². The topological polar surface area (TPSA) is 81.7 Å². The number of hydrogen-bond donors (Lipinski definition) is 1. The van der Waals surface area contributed by atoms with Crippen molar-refractivity contribution in [3.63, 3.8) is 0 Å². The SMILES string of the molecule is CN1C(=O)NC(=O)/C1=C/c1ccnc(N2CCN(C(C)(C)C)CC2)n1. The molecule has 0 aromatic carbocycles. The van der Waals surface area contributed by atoms with Gasteiger partial charge >= 0.3 is 6.03 Å². The molecule has 8 heteroatoms. The highest BCUT2D eigenvalue weighted by Crippen LogP contribution is 2.19. The van der Waals surface area contributed by atoms with Crippen LogP contribution in [0.1, 0.15) is 26.5 Å². The zero-order valence-electron chi connectivity index (χ0n) is 15.1. The molecule has 0 saturated carbocycles. The molecule has 2 saturated heterocycles. The highest BCUT2D eigenvalue weighted by Gasteiger charge is 2.30. The number of imide groups is 1. The third-order valence-corrected chi connectivity index (χ3v) is 4.58. The Morgan fingerprint density at radius 2 is 1.84 bits per heavy atom. The quantitative estimate of drug-likeness (QED) is 0.635. The monoisotopic (exact) mass is 344 g/mol. The molecule has 1 aromatic rings. The Bertz CT molecular complexity index is 716. The third-order valence-electron chi connectivity index (χ3n) is 4.58. The molecule has 0 bridgehead atoms. The highest BCUT2D eigenvalue weighted by atomic mass is 16.2. The summed E-state index contributed by atoms with van der Waals surface area (Å²) in [5, 5.41) is 2.25. The van der Waals surface area contributed by atoms with Gasteiger partial charge in [0.15, 0.2) is 0 Å². The molecule has 8 nitrogen and oxygen atoms in total. The number of likely N-dealkylation sites (N-methyl/N-ethyl adjacent to an activating group) is 1. The highest BCUT2D eigenvalue weighted by molar-refractivity contribution is 6.13. The molecule has 3 amide bonds. The summed E-state index contributed by atoms with van der Waals surface area (Å²) in [6.45, 7) is 10.3. The lowest BCUT2D eigenvalue weighted by atomic mass is 10.1. The second-order valence-corrected chi connectivity index (χ2v) is 7.27. The van der Waals surface area contributed by atoms with Gasteiger partial charge in [0, 0.05) is 45.0 Å². The Hall–Kier alpha value is -2.48. The van der Waals surface area contributed by atoms with Crippen LogP contribution in [-0.2, 0) is 4.79 Å². The summed E-state index contributed by atoms with van der Waals surface area (Å²) in [5.74, 6) is 0.238. The minimum atomic E-state index is -0.427. The number of nitrogens with zero attached hydrogens (tertiary/aromatic N) is 5.